The number of halogens is 1. The lowest BCUT2D eigenvalue weighted by Gasteiger charge is -2.09. The fourth-order valence-corrected chi connectivity index (χ4v) is 2.42. The number of hydrogen-bond donors (Lipinski definition) is 2. The van der Waals surface area contributed by atoms with E-state index in [1.165, 1.54) is 12.1 Å². The quantitative estimate of drug-likeness (QED) is 0.850. The van der Waals surface area contributed by atoms with Gasteiger partial charge in [-0.15, -0.1) is 0 Å². The highest BCUT2D eigenvalue weighted by Crippen LogP contribution is 2.18. The monoisotopic (exact) mass is 282 g/mol. The molecule has 1 aromatic heterocycles. The Morgan fingerprint density at radius 3 is 2.71 bits per heavy atom. The average Bonchev–Trinajstić information content (AvgIpc) is 2.51. The van der Waals surface area contributed by atoms with E-state index in [-0.39, 0.29) is 17.7 Å². The third-order valence-corrected chi connectivity index (χ3v) is 3.41. The van der Waals surface area contributed by atoms with E-state index in [4.69, 9.17) is 10.2 Å². The van der Waals surface area contributed by atoms with Crippen LogP contribution < -0.4 is 10.5 Å². The number of nitrogens with one attached hydrogen (secondary N) is 1. The Labute approximate surface area is 90.8 Å². The van der Waals surface area contributed by atoms with E-state index >= 15 is 0 Å². The minimum absolute atomic E-state index is 0.121. The van der Waals surface area contributed by atoms with Crippen molar-refractivity contribution in [3.05, 3.63) is 16.8 Å². The van der Waals surface area contributed by atoms with Crippen LogP contribution in [0.5, 0.6) is 0 Å². The number of rotatable bonds is 4. The Hall–Kier alpha value is -0.370. The number of furan rings is 1. The van der Waals surface area contributed by atoms with E-state index in [1.54, 1.807) is 6.92 Å². The average molecular weight is 283 g/mol. The van der Waals surface area contributed by atoms with Crippen LogP contribution in [0.4, 0.5) is 0 Å². The molecule has 80 valence electrons. The molecule has 0 fully saturated rings. The van der Waals surface area contributed by atoms with Gasteiger partial charge < -0.3 is 10.2 Å². The third kappa shape index (κ3) is 2.81. The maximum absolute atomic E-state index is 11.5. The van der Waals surface area contributed by atoms with Crippen molar-refractivity contribution in [2.75, 3.05) is 6.54 Å². The molecule has 0 saturated carbocycles. The van der Waals surface area contributed by atoms with Gasteiger partial charge in [0.15, 0.2) is 4.67 Å². The molecule has 3 N–H and O–H groups in total. The van der Waals surface area contributed by atoms with Crippen molar-refractivity contribution in [1.29, 1.82) is 0 Å². The number of nitrogens with two attached hydrogens (primary N) is 1. The van der Waals surface area contributed by atoms with Crippen molar-refractivity contribution >= 4 is 26.0 Å². The van der Waals surface area contributed by atoms with E-state index in [2.05, 4.69) is 20.7 Å². The molecule has 1 aromatic rings. The molecule has 5 nitrogen and oxygen atoms in total. The normalized spacial score (nSPS) is 14.2. The van der Waals surface area contributed by atoms with Crippen LogP contribution in [0.3, 0.4) is 0 Å². The van der Waals surface area contributed by atoms with Crippen LogP contribution in [0.2, 0.25) is 0 Å². The molecule has 0 aromatic carbocycles. The zero-order chi connectivity index (χ0) is 10.8. The largest absolute Gasteiger partial charge is 0.437 e. The van der Waals surface area contributed by atoms with Gasteiger partial charge in [0.05, 0.1) is 0 Å². The van der Waals surface area contributed by atoms with Crippen LogP contribution in [0, 0.1) is 0 Å². The molecule has 0 aliphatic heterocycles. The second-order valence-corrected chi connectivity index (χ2v) is 5.24. The van der Waals surface area contributed by atoms with Crippen LogP contribution in [-0.2, 0) is 10.0 Å². The van der Waals surface area contributed by atoms with Crippen LogP contribution in [0.15, 0.2) is 26.3 Å². The molecule has 7 heteroatoms. The Balaban J connectivity index is 2.86. The van der Waals surface area contributed by atoms with Gasteiger partial charge in [-0.2, -0.15) is 0 Å². The van der Waals surface area contributed by atoms with Gasteiger partial charge in [-0.25, -0.2) is 13.1 Å². The van der Waals surface area contributed by atoms with Gasteiger partial charge in [0.2, 0.25) is 5.09 Å². The fraction of sp³-hybridized carbons (Fsp3) is 0.429. The summed E-state index contributed by atoms with van der Waals surface area (Å²) in [6.07, 6.45) is 0. The standard InChI is InChI=1S/C7H11BrN2O3S/c1-5(4-9)10-14(11,12)7-3-2-6(8)13-7/h2-3,5,10H,4,9H2,1H3/t5-/m0/s1. The maximum Gasteiger partial charge on any atom is 0.274 e. The number of sulfonamides is 1. The molecule has 0 aliphatic carbocycles. The highest BCUT2D eigenvalue weighted by atomic mass is 79.9. The predicted molar refractivity (Wildman–Crippen MR) is 55.2 cm³/mol. The molecule has 1 atom stereocenters. The predicted octanol–water partition coefficient (Wildman–Crippen LogP) is 0.668. The summed E-state index contributed by atoms with van der Waals surface area (Å²) in [6.45, 7) is 1.91. The van der Waals surface area contributed by atoms with Crippen molar-refractivity contribution < 1.29 is 12.8 Å². The SMILES string of the molecule is C[C@@H](CN)NS(=O)(=O)c1ccc(Br)o1. The van der Waals surface area contributed by atoms with Crippen LogP contribution in [0.1, 0.15) is 6.92 Å². The summed E-state index contributed by atoms with van der Waals surface area (Å²) >= 11 is 3.02. The molecule has 0 bridgehead atoms. The summed E-state index contributed by atoms with van der Waals surface area (Å²) < 4.78 is 30.7. The lowest BCUT2D eigenvalue weighted by Crippen LogP contribution is -2.37. The highest BCUT2D eigenvalue weighted by Gasteiger charge is 2.20. The molecular formula is C7H11BrN2O3S. The summed E-state index contributed by atoms with van der Waals surface area (Å²) in [6, 6.07) is 2.57. The molecule has 0 spiro atoms. The van der Waals surface area contributed by atoms with Gasteiger partial charge in [0.1, 0.15) is 0 Å². The van der Waals surface area contributed by atoms with E-state index in [9.17, 15) is 8.42 Å². The molecule has 14 heavy (non-hydrogen) atoms. The first-order valence-electron chi connectivity index (χ1n) is 3.93. The van der Waals surface area contributed by atoms with Crippen LogP contribution >= 0.6 is 15.9 Å². The van der Waals surface area contributed by atoms with Crippen LogP contribution in [-0.4, -0.2) is 21.0 Å². The molecule has 1 rings (SSSR count). The van der Waals surface area contributed by atoms with Gasteiger partial charge in [0.25, 0.3) is 10.0 Å². The second-order valence-electron chi connectivity index (χ2n) is 2.82. The molecule has 0 unspecified atom stereocenters. The molecule has 0 amide bonds. The molecule has 0 saturated heterocycles. The summed E-state index contributed by atoms with van der Waals surface area (Å²) in [4.78, 5) is 0. The van der Waals surface area contributed by atoms with Crippen molar-refractivity contribution in [3.63, 3.8) is 0 Å². The molecule has 0 aliphatic rings. The third-order valence-electron chi connectivity index (χ3n) is 1.52. The lowest BCUT2D eigenvalue weighted by atomic mass is 10.4. The minimum Gasteiger partial charge on any atom is -0.437 e. The van der Waals surface area contributed by atoms with Gasteiger partial charge in [0, 0.05) is 12.6 Å². The topological polar surface area (TPSA) is 85.3 Å². The minimum atomic E-state index is -3.58. The van der Waals surface area contributed by atoms with E-state index < -0.39 is 10.0 Å². The summed E-state index contributed by atoms with van der Waals surface area (Å²) in [5.41, 5.74) is 5.30. The smallest absolute Gasteiger partial charge is 0.274 e. The van der Waals surface area contributed by atoms with Gasteiger partial charge in [-0.1, -0.05) is 0 Å². The zero-order valence-electron chi connectivity index (χ0n) is 7.53. The maximum atomic E-state index is 11.5. The van der Waals surface area contributed by atoms with Crippen molar-refractivity contribution in [2.45, 2.75) is 18.1 Å². The first-order valence-corrected chi connectivity index (χ1v) is 6.21. The molecule has 0 radical (unpaired) electrons. The first-order chi connectivity index (χ1) is 6.45. The van der Waals surface area contributed by atoms with E-state index in [0.717, 1.165) is 0 Å². The summed E-state index contributed by atoms with van der Waals surface area (Å²) in [5, 5.41) is -0.121. The highest BCUT2D eigenvalue weighted by molar-refractivity contribution is 9.10. The first kappa shape index (κ1) is 11.7. The lowest BCUT2D eigenvalue weighted by molar-refractivity contribution is 0.425. The van der Waals surface area contributed by atoms with E-state index in [0.29, 0.717) is 4.67 Å². The van der Waals surface area contributed by atoms with Gasteiger partial charge >= 0.3 is 0 Å². The zero-order valence-corrected chi connectivity index (χ0v) is 9.93. The molecular weight excluding hydrogens is 272 g/mol. The van der Waals surface area contributed by atoms with Crippen molar-refractivity contribution in [1.82, 2.24) is 4.72 Å². The number of hydrogen-bond acceptors (Lipinski definition) is 4. The van der Waals surface area contributed by atoms with Gasteiger partial charge in [-0.3, -0.25) is 0 Å². The van der Waals surface area contributed by atoms with Crippen molar-refractivity contribution in [2.24, 2.45) is 5.73 Å². The Morgan fingerprint density at radius 2 is 2.29 bits per heavy atom. The Morgan fingerprint density at radius 1 is 1.64 bits per heavy atom. The second kappa shape index (κ2) is 4.43. The summed E-state index contributed by atoms with van der Waals surface area (Å²) in [5.74, 6) is 0. The van der Waals surface area contributed by atoms with Crippen LogP contribution in [0.25, 0.3) is 0 Å². The Kier molecular flexibility index (Phi) is 3.71. The summed E-state index contributed by atoms with van der Waals surface area (Å²) in [7, 11) is -3.58. The molecule has 1 heterocycles. The Bertz CT molecular complexity index is 401. The van der Waals surface area contributed by atoms with Gasteiger partial charge in [-0.05, 0) is 35.0 Å². The van der Waals surface area contributed by atoms with E-state index in [1.807, 2.05) is 0 Å². The van der Waals surface area contributed by atoms with Crippen molar-refractivity contribution in [3.8, 4) is 0 Å². The fourth-order valence-electron chi connectivity index (χ4n) is 0.813.